The van der Waals surface area contributed by atoms with Crippen molar-refractivity contribution < 1.29 is 0 Å². The minimum Gasteiger partial charge on any atom is -0.399 e. The highest BCUT2D eigenvalue weighted by Gasteiger charge is 2.11. The summed E-state index contributed by atoms with van der Waals surface area (Å²) in [5, 5.41) is 6.14. The zero-order valence-electron chi connectivity index (χ0n) is 14.0. The number of anilines is 2. The first-order valence-electron chi connectivity index (χ1n) is 8.22. The number of hydrogen-bond donors (Lipinski definition) is 3. The van der Waals surface area contributed by atoms with Gasteiger partial charge in [0, 0.05) is 28.5 Å². The normalized spacial score (nSPS) is 11.2. The second-order valence-corrected chi connectivity index (χ2v) is 6.40. The van der Waals surface area contributed by atoms with Crippen molar-refractivity contribution in [1.29, 1.82) is 0 Å². The number of nitrogens with two attached hydrogens (primary N) is 1. The molecule has 120 valence electrons. The molecule has 0 aliphatic heterocycles. The Balaban J connectivity index is 1.77. The van der Waals surface area contributed by atoms with Crippen LogP contribution in [0.25, 0.3) is 21.8 Å². The Morgan fingerprint density at radius 2 is 1.62 bits per heavy atom. The maximum Gasteiger partial charge on any atom is 0.0700 e. The van der Waals surface area contributed by atoms with Gasteiger partial charge in [0.15, 0.2) is 0 Å². The number of aromatic nitrogens is 1. The predicted octanol–water partition coefficient (Wildman–Crippen LogP) is 5.13. The standard InChI is InChI=1S/C21H21N3/c1-13-6-7-14(2)20-19(13)17-4-3-5-18(21(17)24-20)23-12-15-8-10-16(22)11-9-15/h3-11,23-24H,12,22H2,1-2H3. The third kappa shape index (κ3) is 2.38. The molecule has 0 atom stereocenters. The van der Waals surface area contributed by atoms with Crippen LogP contribution in [0, 0.1) is 13.8 Å². The van der Waals surface area contributed by atoms with Gasteiger partial charge in [-0.3, -0.25) is 0 Å². The topological polar surface area (TPSA) is 53.8 Å². The Labute approximate surface area is 141 Å². The number of benzene rings is 3. The highest BCUT2D eigenvalue weighted by Crippen LogP contribution is 2.34. The van der Waals surface area contributed by atoms with Gasteiger partial charge in [0.1, 0.15) is 0 Å². The van der Waals surface area contributed by atoms with E-state index in [2.05, 4.69) is 66.6 Å². The molecule has 3 nitrogen and oxygen atoms in total. The number of nitrogens with one attached hydrogen (secondary N) is 2. The lowest BCUT2D eigenvalue weighted by Gasteiger charge is -2.08. The number of para-hydroxylation sites is 1. The van der Waals surface area contributed by atoms with Crippen LogP contribution in [0.15, 0.2) is 54.6 Å². The average molecular weight is 315 g/mol. The van der Waals surface area contributed by atoms with E-state index in [1.165, 1.54) is 38.5 Å². The molecule has 3 aromatic carbocycles. The van der Waals surface area contributed by atoms with Crippen molar-refractivity contribution in [2.24, 2.45) is 0 Å². The number of H-pyrrole nitrogens is 1. The van der Waals surface area contributed by atoms with Crippen LogP contribution >= 0.6 is 0 Å². The van der Waals surface area contributed by atoms with Crippen LogP contribution < -0.4 is 11.1 Å². The number of aromatic amines is 1. The molecule has 0 radical (unpaired) electrons. The van der Waals surface area contributed by atoms with Gasteiger partial charge in [-0.25, -0.2) is 0 Å². The molecule has 4 aromatic rings. The molecule has 0 amide bonds. The van der Waals surface area contributed by atoms with Gasteiger partial charge in [0.25, 0.3) is 0 Å². The fraction of sp³-hybridized carbons (Fsp3) is 0.143. The summed E-state index contributed by atoms with van der Waals surface area (Å²) in [6, 6.07) is 18.8. The highest BCUT2D eigenvalue weighted by atomic mass is 14.9. The smallest absolute Gasteiger partial charge is 0.0700 e. The summed E-state index contributed by atoms with van der Waals surface area (Å²) in [7, 11) is 0. The van der Waals surface area contributed by atoms with Gasteiger partial charge in [-0.2, -0.15) is 0 Å². The molecule has 0 fully saturated rings. The van der Waals surface area contributed by atoms with Crippen LogP contribution in [-0.2, 0) is 6.54 Å². The van der Waals surface area contributed by atoms with Crippen LogP contribution in [-0.4, -0.2) is 4.98 Å². The van der Waals surface area contributed by atoms with Gasteiger partial charge in [0.2, 0.25) is 0 Å². The first kappa shape index (κ1) is 14.6. The van der Waals surface area contributed by atoms with Gasteiger partial charge in [-0.1, -0.05) is 36.4 Å². The minimum absolute atomic E-state index is 0.771. The molecule has 4 N–H and O–H groups in total. The van der Waals surface area contributed by atoms with Crippen LogP contribution in [0.4, 0.5) is 11.4 Å². The zero-order chi connectivity index (χ0) is 16.7. The van der Waals surface area contributed by atoms with Gasteiger partial charge in [0.05, 0.1) is 11.2 Å². The Bertz CT molecular complexity index is 1030. The summed E-state index contributed by atoms with van der Waals surface area (Å²) < 4.78 is 0. The maximum absolute atomic E-state index is 5.75. The van der Waals surface area contributed by atoms with Gasteiger partial charge in [-0.15, -0.1) is 0 Å². The molecule has 0 saturated carbocycles. The lowest BCUT2D eigenvalue weighted by Crippen LogP contribution is -2.00. The Morgan fingerprint density at radius 1 is 0.875 bits per heavy atom. The molecule has 0 aliphatic rings. The van der Waals surface area contributed by atoms with Crippen LogP contribution in [0.3, 0.4) is 0 Å². The Morgan fingerprint density at radius 3 is 2.42 bits per heavy atom. The molecule has 1 aromatic heterocycles. The largest absolute Gasteiger partial charge is 0.399 e. The molecule has 0 bridgehead atoms. The Hall–Kier alpha value is -2.94. The van der Waals surface area contributed by atoms with E-state index in [9.17, 15) is 0 Å². The van der Waals surface area contributed by atoms with Gasteiger partial charge in [-0.05, 0) is 48.7 Å². The van der Waals surface area contributed by atoms with Crippen molar-refractivity contribution in [2.45, 2.75) is 20.4 Å². The Kier molecular flexibility index (Phi) is 3.42. The molecular weight excluding hydrogens is 294 g/mol. The molecular formula is C21H21N3. The summed E-state index contributed by atoms with van der Waals surface area (Å²) in [5.74, 6) is 0. The van der Waals surface area contributed by atoms with E-state index in [1.54, 1.807) is 0 Å². The monoisotopic (exact) mass is 315 g/mol. The zero-order valence-corrected chi connectivity index (χ0v) is 14.0. The summed E-state index contributed by atoms with van der Waals surface area (Å²) in [6.45, 7) is 5.09. The van der Waals surface area contributed by atoms with E-state index in [0.717, 1.165) is 17.9 Å². The van der Waals surface area contributed by atoms with Crippen molar-refractivity contribution in [1.82, 2.24) is 4.98 Å². The average Bonchev–Trinajstić information content (AvgIpc) is 2.99. The molecule has 24 heavy (non-hydrogen) atoms. The van der Waals surface area contributed by atoms with E-state index in [4.69, 9.17) is 5.73 Å². The summed E-state index contributed by atoms with van der Waals surface area (Å²) in [4.78, 5) is 3.62. The predicted molar refractivity (Wildman–Crippen MR) is 103 cm³/mol. The van der Waals surface area contributed by atoms with Crippen molar-refractivity contribution in [3.8, 4) is 0 Å². The molecule has 3 heteroatoms. The number of fused-ring (bicyclic) bond motifs is 3. The van der Waals surface area contributed by atoms with E-state index in [-0.39, 0.29) is 0 Å². The van der Waals surface area contributed by atoms with Crippen molar-refractivity contribution in [3.63, 3.8) is 0 Å². The van der Waals surface area contributed by atoms with Crippen molar-refractivity contribution >= 4 is 33.2 Å². The molecule has 0 aliphatic carbocycles. The molecule has 0 unspecified atom stereocenters. The third-order valence-corrected chi connectivity index (χ3v) is 4.67. The SMILES string of the molecule is Cc1ccc(C)c2c1[nH]c1c(NCc3ccc(N)cc3)cccc12. The van der Waals surface area contributed by atoms with Crippen molar-refractivity contribution in [2.75, 3.05) is 11.1 Å². The maximum atomic E-state index is 5.75. The van der Waals surface area contributed by atoms with Gasteiger partial charge < -0.3 is 16.0 Å². The molecule has 4 rings (SSSR count). The lowest BCUT2D eigenvalue weighted by molar-refractivity contribution is 1.15. The number of rotatable bonds is 3. The summed E-state index contributed by atoms with van der Waals surface area (Å²) in [5.41, 5.74) is 13.9. The second kappa shape index (κ2) is 5.60. The van der Waals surface area contributed by atoms with E-state index < -0.39 is 0 Å². The fourth-order valence-corrected chi connectivity index (χ4v) is 3.32. The molecule has 0 spiro atoms. The lowest BCUT2D eigenvalue weighted by atomic mass is 10.0. The minimum atomic E-state index is 0.771. The first-order valence-corrected chi connectivity index (χ1v) is 8.22. The first-order chi connectivity index (χ1) is 11.6. The van der Waals surface area contributed by atoms with Crippen LogP contribution in [0.2, 0.25) is 0 Å². The number of nitrogen functional groups attached to an aromatic ring is 1. The third-order valence-electron chi connectivity index (χ3n) is 4.67. The van der Waals surface area contributed by atoms with E-state index >= 15 is 0 Å². The summed E-state index contributed by atoms with van der Waals surface area (Å²) in [6.07, 6.45) is 0. The number of aryl methyl sites for hydroxylation is 2. The summed E-state index contributed by atoms with van der Waals surface area (Å²) >= 11 is 0. The quantitative estimate of drug-likeness (QED) is 0.459. The van der Waals surface area contributed by atoms with Crippen LogP contribution in [0.1, 0.15) is 16.7 Å². The highest BCUT2D eigenvalue weighted by molar-refractivity contribution is 6.13. The second-order valence-electron chi connectivity index (χ2n) is 6.40. The van der Waals surface area contributed by atoms with Crippen molar-refractivity contribution in [3.05, 3.63) is 71.3 Å². The fourth-order valence-electron chi connectivity index (χ4n) is 3.32. The number of hydrogen-bond acceptors (Lipinski definition) is 2. The van der Waals surface area contributed by atoms with E-state index in [1.807, 2.05) is 12.1 Å². The molecule has 0 saturated heterocycles. The van der Waals surface area contributed by atoms with E-state index in [0.29, 0.717) is 0 Å². The molecule has 1 heterocycles. The van der Waals surface area contributed by atoms with Gasteiger partial charge >= 0.3 is 0 Å². The van der Waals surface area contributed by atoms with Crippen LogP contribution in [0.5, 0.6) is 0 Å².